The molecule has 2 N–H and O–H groups in total. The van der Waals surface area contributed by atoms with E-state index >= 15 is 0 Å². The molecule has 0 aliphatic carbocycles. The zero-order valence-corrected chi connectivity index (χ0v) is 13.1. The molecule has 23 heavy (non-hydrogen) atoms. The van der Waals surface area contributed by atoms with Crippen molar-refractivity contribution in [1.82, 2.24) is 4.72 Å². The lowest BCUT2D eigenvalue weighted by Gasteiger charge is -2.33. The van der Waals surface area contributed by atoms with Crippen molar-refractivity contribution in [2.45, 2.75) is 37.2 Å². The number of anilines is 1. The zero-order valence-electron chi connectivity index (χ0n) is 12.3. The van der Waals surface area contributed by atoms with Gasteiger partial charge < -0.3 is 5.32 Å². The largest absolute Gasteiger partial charge is 0.420 e. The number of amides is 1. The topological polar surface area (TPSA) is 58.2 Å². The molecule has 0 radical (unpaired) electrons. The molecule has 1 aliphatic heterocycles. The highest BCUT2D eigenvalue weighted by molar-refractivity contribution is 7.84. The van der Waals surface area contributed by atoms with Crippen molar-refractivity contribution in [3.05, 3.63) is 29.3 Å². The van der Waals surface area contributed by atoms with E-state index in [2.05, 4.69) is 0 Å². The quantitative estimate of drug-likeness (QED) is 0.801. The Morgan fingerprint density at radius 2 is 1.65 bits per heavy atom. The molecule has 1 aromatic rings. The number of carbonyl (C=O) groups excluding carboxylic acids is 1. The van der Waals surface area contributed by atoms with Gasteiger partial charge in [0.2, 0.25) is 5.54 Å². The van der Waals surface area contributed by atoms with Gasteiger partial charge in [-0.1, -0.05) is 0 Å². The van der Waals surface area contributed by atoms with Crippen molar-refractivity contribution < 1.29 is 31.0 Å². The van der Waals surface area contributed by atoms with E-state index in [1.807, 2.05) is 5.32 Å². The van der Waals surface area contributed by atoms with E-state index in [9.17, 15) is 31.0 Å². The second-order valence-corrected chi connectivity index (χ2v) is 7.96. The molecular weight excluding hydrogens is 343 g/mol. The molecule has 10 heteroatoms. The van der Waals surface area contributed by atoms with Gasteiger partial charge in [-0.05, 0) is 26.8 Å². The van der Waals surface area contributed by atoms with Crippen LogP contribution in [0.4, 0.5) is 27.6 Å². The minimum atomic E-state index is -5.23. The molecule has 0 fully saturated rings. The van der Waals surface area contributed by atoms with Crippen LogP contribution in [0.2, 0.25) is 0 Å². The summed E-state index contributed by atoms with van der Waals surface area (Å²) in [4.78, 5) is 12.0. The lowest BCUT2D eigenvalue weighted by molar-refractivity contribution is -0.193. The summed E-state index contributed by atoms with van der Waals surface area (Å²) in [6, 6.07) is 0.737. The Morgan fingerprint density at radius 1 is 1.13 bits per heavy atom. The summed E-state index contributed by atoms with van der Waals surface area (Å²) in [5, 5.41) is 1.86. The standard InChI is InChI=1S/C13H13F5N2O2S/c1-11(2,3)23(22)20-12(13(16,17)18)6-4-7(14)8(15)5-9(6)19-10(12)21/h4-5,20H,1-3H3,(H,19,21)/t12?,23-/m1/s1. The van der Waals surface area contributed by atoms with Crippen LogP contribution in [0.25, 0.3) is 0 Å². The zero-order chi connectivity index (χ0) is 17.8. The number of hydrogen-bond acceptors (Lipinski definition) is 2. The van der Waals surface area contributed by atoms with E-state index < -0.39 is 56.2 Å². The number of halogens is 5. The van der Waals surface area contributed by atoms with E-state index in [1.165, 1.54) is 20.8 Å². The minimum Gasteiger partial charge on any atom is -0.323 e. The molecule has 128 valence electrons. The van der Waals surface area contributed by atoms with E-state index in [1.54, 1.807) is 4.72 Å². The maximum Gasteiger partial charge on any atom is 0.420 e. The Balaban J connectivity index is 2.69. The predicted octanol–water partition coefficient (Wildman–Crippen LogP) is 2.73. The van der Waals surface area contributed by atoms with Crippen molar-refractivity contribution in [2.24, 2.45) is 0 Å². The molecule has 1 unspecified atom stereocenters. The summed E-state index contributed by atoms with van der Waals surface area (Å²) in [6.07, 6.45) is -5.23. The molecule has 2 atom stereocenters. The highest BCUT2D eigenvalue weighted by Crippen LogP contribution is 2.48. The molecule has 0 spiro atoms. The molecule has 1 heterocycles. The number of rotatable bonds is 2. The van der Waals surface area contributed by atoms with Gasteiger partial charge in [0.1, 0.15) is 0 Å². The average Bonchev–Trinajstić information content (AvgIpc) is 2.62. The normalized spacial score (nSPS) is 22.7. The molecule has 1 aliphatic rings. The Morgan fingerprint density at radius 3 is 2.13 bits per heavy atom. The van der Waals surface area contributed by atoms with Crippen molar-refractivity contribution in [1.29, 1.82) is 0 Å². The fourth-order valence-electron chi connectivity index (χ4n) is 2.03. The van der Waals surface area contributed by atoms with Crippen LogP contribution in [0.5, 0.6) is 0 Å². The number of nitrogens with one attached hydrogen (secondary N) is 2. The number of hydrogen-bond donors (Lipinski definition) is 2. The predicted molar refractivity (Wildman–Crippen MR) is 73.8 cm³/mol. The molecule has 0 aromatic heterocycles. The molecular formula is C13H13F5N2O2S. The van der Waals surface area contributed by atoms with Crippen LogP contribution in [0.3, 0.4) is 0 Å². The van der Waals surface area contributed by atoms with E-state index in [4.69, 9.17) is 0 Å². The average molecular weight is 356 g/mol. The summed E-state index contributed by atoms with van der Waals surface area (Å²) in [5.41, 5.74) is -4.80. The Hall–Kier alpha value is -1.55. The third kappa shape index (κ3) is 2.74. The molecule has 0 saturated carbocycles. The third-order valence-electron chi connectivity index (χ3n) is 3.28. The lowest BCUT2D eigenvalue weighted by atomic mass is 9.91. The van der Waals surface area contributed by atoms with Crippen molar-refractivity contribution in [2.75, 3.05) is 5.32 Å². The fourth-order valence-corrected chi connectivity index (χ4v) is 2.93. The van der Waals surface area contributed by atoms with Gasteiger partial charge in [-0.2, -0.15) is 13.2 Å². The van der Waals surface area contributed by atoms with Crippen molar-refractivity contribution in [3.8, 4) is 0 Å². The maximum atomic E-state index is 13.7. The highest BCUT2D eigenvalue weighted by Gasteiger charge is 2.66. The first-order chi connectivity index (χ1) is 10.3. The number of benzene rings is 1. The highest BCUT2D eigenvalue weighted by atomic mass is 32.2. The van der Waals surface area contributed by atoms with Crippen molar-refractivity contribution >= 4 is 22.6 Å². The maximum absolute atomic E-state index is 13.7. The van der Waals surface area contributed by atoms with Gasteiger partial charge >= 0.3 is 6.18 Å². The van der Waals surface area contributed by atoms with E-state index in [0.717, 1.165) is 0 Å². The molecule has 4 nitrogen and oxygen atoms in total. The molecule has 1 aromatic carbocycles. The molecule has 1 amide bonds. The van der Waals surface area contributed by atoms with Crippen LogP contribution in [0, 0.1) is 11.6 Å². The van der Waals surface area contributed by atoms with Crippen LogP contribution in [0.1, 0.15) is 26.3 Å². The van der Waals surface area contributed by atoms with E-state index in [-0.39, 0.29) is 6.07 Å². The smallest absolute Gasteiger partial charge is 0.323 e. The van der Waals surface area contributed by atoms with Crippen LogP contribution in [0.15, 0.2) is 12.1 Å². The number of fused-ring (bicyclic) bond motifs is 1. The Kier molecular flexibility index (Phi) is 4.05. The van der Waals surface area contributed by atoms with Crippen molar-refractivity contribution in [3.63, 3.8) is 0 Å². The first kappa shape index (κ1) is 17.8. The second-order valence-electron chi connectivity index (χ2n) is 6.00. The summed E-state index contributed by atoms with van der Waals surface area (Å²) >= 11 is 0. The monoisotopic (exact) mass is 356 g/mol. The molecule has 2 rings (SSSR count). The first-order valence-electron chi connectivity index (χ1n) is 6.38. The summed E-state index contributed by atoms with van der Waals surface area (Å²) < 4.78 is 80.4. The summed E-state index contributed by atoms with van der Waals surface area (Å²) in [7, 11) is -2.30. The van der Waals surface area contributed by atoms with E-state index in [0.29, 0.717) is 6.07 Å². The van der Waals surface area contributed by atoms with Crippen LogP contribution in [-0.2, 0) is 21.3 Å². The first-order valence-corrected chi connectivity index (χ1v) is 7.53. The van der Waals surface area contributed by atoms with Gasteiger partial charge in [0.25, 0.3) is 5.91 Å². The summed E-state index contributed by atoms with van der Waals surface area (Å²) in [5.74, 6) is -4.54. The van der Waals surface area contributed by atoms with Crippen LogP contribution in [-0.4, -0.2) is 21.0 Å². The van der Waals surface area contributed by atoms with Gasteiger partial charge in [-0.3, -0.25) is 4.79 Å². The number of alkyl halides is 3. The minimum absolute atomic E-state index is 0.281. The fraction of sp³-hybridized carbons (Fsp3) is 0.462. The van der Waals surface area contributed by atoms with Gasteiger partial charge in [-0.25, -0.2) is 17.7 Å². The SMILES string of the molecule is CC(C)(C)[S@@](=O)NC1(C(F)(F)F)C(=O)Nc2cc(F)c(F)cc21. The number of carbonyl (C=O) groups is 1. The lowest BCUT2D eigenvalue weighted by Crippen LogP contribution is -2.60. The molecule has 0 saturated heterocycles. The van der Waals surface area contributed by atoms with Gasteiger partial charge in [0.05, 0.1) is 15.7 Å². The Bertz CT molecular complexity index is 699. The van der Waals surface area contributed by atoms with Gasteiger partial charge in [-0.15, -0.1) is 0 Å². The van der Waals surface area contributed by atoms with Crippen LogP contribution >= 0.6 is 0 Å². The van der Waals surface area contributed by atoms with Gasteiger partial charge in [0, 0.05) is 17.3 Å². The third-order valence-corrected chi connectivity index (χ3v) is 4.88. The Labute approximate surface area is 131 Å². The second kappa shape index (κ2) is 5.23. The molecule has 0 bridgehead atoms. The van der Waals surface area contributed by atoms with Crippen LogP contribution < -0.4 is 10.0 Å². The summed E-state index contributed by atoms with van der Waals surface area (Å²) in [6.45, 7) is 4.21. The van der Waals surface area contributed by atoms with Gasteiger partial charge in [0.15, 0.2) is 11.6 Å².